The van der Waals surface area contributed by atoms with Gasteiger partial charge in [-0.1, -0.05) is 31.9 Å². The number of anilines is 1. The predicted octanol–water partition coefficient (Wildman–Crippen LogP) is 5.35. The zero-order valence-electron chi connectivity index (χ0n) is 10.9. The average molecular weight is 292 g/mol. The van der Waals surface area contributed by atoms with Crippen LogP contribution in [0.3, 0.4) is 0 Å². The Hall–Kier alpha value is -0.900. The molecule has 0 bridgehead atoms. The zero-order valence-corrected chi connectivity index (χ0v) is 11.7. The van der Waals surface area contributed by atoms with Crippen LogP contribution < -0.4 is 5.32 Å². The highest BCUT2D eigenvalue weighted by atomic mass is 35.5. The quantitative estimate of drug-likeness (QED) is 0.774. The van der Waals surface area contributed by atoms with E-state index in [1.165, 1.54) is 6.07 Å². The second kappa shape index (κ2) is 4.89. The van der Waals surface area contributed by atoms with E-state index in [4.69, 9.17) is 11.6 Å². The first kappa shape index (κ1) is 14.5. The molecule has 1 fully saturated rings. The van der Waals surface area contributed by atoms with E-state index in [2.05, 4.69) is 19.2 Å². The van der Waals surface area contributed by atoms with Crippen molar-refractivity contribution in [1.82, 2.24) is 0 Å². The third-order valence-electron chi connectivity index (χ3n) is 3.88. The van der Waals surface area contributed by atoms with E-state index >= 15 is 0 Å². The van der Waals surface area contributed by atoms with Crippen LogP contribution in [0.1, 0.15) is 38.7 Å². The molecule has 0 aromatic heterocycles. The van der Waals surface area contributed by atoms with Crippen LogP contribution in [0.4, 0.5) is 18.9 Å². The van der Waals surface area contributed by atoms with Gasteiger partial charge in [0.1, 0.15) is 0 Å². The van der Waals surface area contributed by atoms with Crippen molar-refractivity contribution in [2.24, 2.45) is 5.41 Å². The van der Waals surface area contributed by atoms with E-state index in [0.717, 1.165) is 31.4 Å². The number of benzene rings is 1. The summed E-state index contributed by atoms with van der Waals surface area (Å²) in [7, 11) is 0. The van der Waals surface area contributed by atoms with Gasteiger partial charge in [0, 0.05) is 6.04 Å². The monoisotopic (exact) mass is 291 g/mol. The molecule has 1 aliphatic rings. The lowest BCUT2D eigenvalue weighted by molar-refractivity contribution is -0.137. The summed E-state index contributed by atoms with van der Waals surface area (Å²) < 4.78 is 37.6. The first-order valence-electron chi connectivity index (χ1n) is 6.33. The van der Waals surface area contributed by atoms with Gasteiger partial charge in [-0.3, -0.25) is 0 Å². The number of alkyl halides is 3. The Morgan fingerprint density at radius 3 is 2.47 bits per heavy atom. The fraction of sp³-hybridized carbons (Fsp3) is 0.571. The van der Waals surface area contributed by atoms with Gasteiger partial charge in [0.15, 0.2) is 0 Å². The van der Waals surface area contributed by atoms with Crippen LogP contribution in [0.25, 0.3) is 0 Å². The van der Waals surface area contributed by atoms with Crippen molar-refractivity contribution >= 4 is 17.3 Å². The highest BCUT2D eigenvalue weighted by molar-refractivity contribution is 6.33. The van der Waals surface area contributed by atoms with Gasteiger partial charge >= 0.3 is 6.18 Å². The fourth-order valence-corrected chi connectivity index (χ4v) is 2.83. The van der Waals surface area contributed by atoms with Gasteiger partial charge in [0.25, 0.3) is 0 Å². The van der Waals surface area contributed by atoms with Crippen LogP contribution in [-0.4, -0.2) is 6.04 Å². The lowest BCUT2D eigenvalue weighted by Gasteiger charge is -2.29. The Morgan fingerprint density at radius 1 is 1.32 bits per heavy atom. The Morgan fingerprint density at radius 2 is 2.00 bits per heavy atom. The average Bonchev–Trinajstić information content (AvgIpc) is 2.59. The molecule has 1 aliphatic carbocycles. The van der Waals surface area contributed by atoms with Crippen LogP contribution in [0.15, 0.2) is 18.2 Å². The first-order valence-corrected chi connectivity index (χ1v) is 6.71. The van der Waals surface area contributed by atoms with Crippen LogP contribution >= 0.6 is 11.6 Å². The molecule has 1 nitrogen and oxygen atoms in total. The normalized spacial score (nSPS) is 22.5. The summed E-state index contributed by atoms with van der Waals surface area (Å²) in [6.07, 6.45) is -1.09. The van der Waals surface area contributed by atoms with E-state index in [0.29, 0.717) is 5.69 Å². The lowest BCUT2D eigenvalue weighted by atomic mass is 9.87. The smallest absolute Gasteiger partial charge is 0.381 e. The molecule has 2 rings (SSSR count). The van der Waals surface area contributed by atoms with E-state index < -0.39 is 11.7 Å². The molecule has 1 unspecified atom stereocenters. The second-order valence-corrected chi connectivity index (χ2v) is 6.18. The lowest BCUT2D eigenvalue weighted by Crippen LogP contribution is -2.30. The summed E-state index contributed by atoms with van der Waals surface area (Å²) in [6.45, 7) is 4.32. The minimum Gasteiger partial charge on any atom is -0.381 e. The van der Waals surface area contributed by atoms with Gasteiger partial charge < -0.3 is 5.32 Å². The minimum atomic E-state index is -4.35. The van der Waals surface area contributed by atoms with Crippen LogP contribution in [0.2, 0.25) is 5.02 Å². The Bertz CT molecular complexity index is 468. The summed E-state index contributed by atoms with van der Waals surface area (Å²) >= 11 is 5.94. The van der Waals surface area contributed by atoms with Crippen LogP contribution in [0, 0.1) is 5.41 Å². The van der Waals surface area contributed by atoms with Crippen molar-refractivity contribution in [3.63, 3.8) is 0 Å². The van der Waals surface area contributed by atoms with E-state index in [-0.39, 0.29) is 16.5 Å². The fourth-order valence-electron chi connectivity index (χ4n) is 2.59. The summed E-state index contributed by atoms with van der Waals surface area (Å²) in [6, 6.07) is 3.71. The van der Waals surface area contributed by atoms with Crippen molar-refractivity contribution in [2.45, 2.75) is 45.3 Å². The van der Waals surface area contributed by atoms with Gasteiger partial charge in [-0.15, -0.1) is 0 Å². The summed E-state index contributed by atoms with van der Waals surface area (Å²) in [4.78, 5) is 0. The van der Waals surface area contributed by atoms with Crippen LogP contribution in [-0.2, 0) is 6.18 Å². The molecular weight excluding hydrogens is 275 g/mol. The largest absolute Gasteiger partial charge is 0.416 e. The third-order valence-corrected chi connectivity index (χ3v) is 4.20. The molecule has 0 saturated heterocycles. The number of rotatable bonds is 2. The minimum absolute atomic E-state index is 0.123. The Balaban J connectivity index is 2.18. The number of hydrogen-bond acceptors (Lipinski definition) is 1. The van der Waals surface area contributed by atoms with Gasteiger partial charge in [0.05, 0.1) is 16.3 Å². The molecular formula is C14H17ClF3N. The van der Waals surface area contributed by atoms with Crippen molar-refractivity contribution in [3.05, 3.63) is 28.8 Å². The summed E-state index contributed by atoms with van der Waals surface area (Å²) in [5.74, 6) is 0. The molecule has 1 N–H and O–H groups in total. The van der Waals surface area contributed by atoms with Crippen molar-refractivity contribution in [1.29, 1.82) is 0 Å². The molecule has 0 radical (unpaired) electrons. The second-order valence-electron chi connectivity index (χ2n) is 5.77. The molecule has 0 heterocycles. The predicted molar refractivity (Wildman–Crippen MR) is 71.5 cm³/mol. The van der Waals surface area contributed by atoms with E-state index in [9.17, 15) is 13.2 Å². The first-order chi connectivity index (χ1) is 8.70. The van der Waals surface area contributed by atoms with Crippen LogP contribution in [0.5, 0.6) is 0 Å². The topological polar surface area (TPSA) is 12.0 Å². The molecule has 0 spiro atoms. The third kappa shape index (κ3) is 3.16. The molecule has 0 aliphatic heterocycles. The maximum atomic E-state index is 12.5. The standard InChI is InChI=1S/C14H17ClF3N/c1-13(2)7-3-4-12(13)19-11-6-5-9(8-10(11)15)14(16,17)18/h5-6,8,12,19H,3-4,7H2,1-2H3. The highest BCUT2D eigenvalue weighted by Gasteiger charge is 2.35. The maximum absolute atomic E-state index is 12.5. The summed E-state index contributed by atoms with van der Waals surface area (Å²) in [5.41, 5.74) is 0.00910. The van der Waals surface area contributed by atoms with Crippen molar-refractivity contribution in [3.8, 4) is 0 Å². The van der Waals surface area contributed by atoms with E-state index in [1.54, 1.807) is 0 Å². The summed E-state index contributed by atoms with van der Waals surface area (Å²) in [5, 5.41) is 3.40. The number of nitrogens with one attached hydrogen (secondary N) is 1. The van der Waals surface area contributed by atoms with E-state index in [1.807, 2.05) is 0 Å². The molecule has 1 aromatic carbocycles. The number of halogens is 4. The molecule has 5 heteroatoms. The molecule has 1 aromatic rings. The zero-order chi connectivity index (χ0) is 14.3. The molecule has 0 amide bonds. The van der Waals surface area contributed by atoms with Gasteiger partial charge in [-0.05, 0) is 36.5 Å². The van der Waals surface area contributed by atoms with Gasteiger partial charge in [0.2, 0.25) is 0 Å². The highest BCUT2D eigenvalue weighted by Crippen LogP contribution is 2.40. The number of hydrogen-bond donors (Lipinski definition) is 1. The van der Waals surface area contributed by atoms with Gasteiger partial charge in [-0.25, -0.2) is 0 Å². The molecule has 106 valence electrons. The van der Waals surface area contributed by atoms with Gasteiger partial charge in [-0.2, -0.15) is 13.2 Å². The molecule has 1 saturated carbocycles. The molecule has 19 heavy (non-hydrogen) atoms. The molecule has 1 atom stereocenters. The Kier molecular flexibility index (Phi) is 3.74. The Labute approximate surface area is 116 Å². The van der Waals surface area contributed by atoms with Crippen molar-refractivity contribution < 1.29 is 13.2 Å². The maximum Gasteiger partial charge on any atom is 0.416 e. The SMILES string of the molecule is CC1(C)CCCC1Nc1ccc(C(F)(F)F)cc1Cl. The van der Waals surface area contributed by atoms with Crippen molar-refractivity contribution in [2.75, 3.05) is 5.32 Å².